The number of rotatable bonds is 3. The van der Waals surface area contributed by atoms with Gasteiger partial charge in [-0.3, -0.25) is 9.69 Å². The molecular formula is C15H19N3O2. The van der Waals surface area contributed by atoms with Crippen LogP contribution in [0.25, 0.3) is 0 Å². The van der Waals surface area contributed by atoms with E-state index in [2.05, 4.69) is 5.32 Å². The second-order valence-electron chi connectivity index (χ2n) is 5.57. The highest BCUT2D eigenvalue weighted by Gasteiger charge is 2.35. The van der Waals surface area contributed by atoms with Gasteiger partial charge in [0, 0.05) is 18.8 Å². The Morgan fingerprint density at radius 2 is 2.15 bits per heavy atom. The maximum atomic E-state index is 12.2. The molecule has 0 bridgehead atoms. The van der Waals surface area contributed by atoms with E-state index in [1.54, 1.807) is 31.2 Å². The maximum absolute atomic E-state index is 12.2. The van der Waals surface area contributed by atoms with Crippen LogP contribution in [-0.4, -0.2) is 40.6 Å². The monoisotopic (exact) mass is 273 g/mol. The van der Waals surface area contributed by atoms with Crippen LogP contribution in [0.1, 0.15) is 25.8 Å². The van der Waals surface area contributed by atoms with Gasteiger partial charge >= 0.3 is 0 Å². The van der Waals surface area contributed by atoms with Crippen LogP contribution in [0.3, 0.4) is 0 Å². The molecule has 0 saturated carbocycles. The Balaban J connectivity index is 1.96. The first-order valence-electron chi connectivity index (χ1n) is 6.69. The molecule has 1 amide bonds. The fourth-order valence-electron chi connectivity index (χ4n) is 2.35. The summed E-state index contributed by atoms with van der Waals surface area (Å²) >= 11 is 0. The van der Waals surface area contributed by atoms with Gasteiger partial charge in [0.2, 0.25) is 5.91 Å². The summed E-state index contributed by atoms with van der Waals surface area (Å²) in [4.78, 5) is 14.1. The topological polar surface area (TPSA) is 76.4 Å². The molecule has 1 fully saturated rings. The Labute approximate surface area is 118 Å². The number of carbonyl (C=O) groups excluding carboxylic acids is 1. The molecule has 0 aliphatic carbocycles. The van der Waals surface area contributed by atoms with Gasteiger partial charge < -0.3 is 10.4 Å². The lowest BCUT2D eigenvalue weighted by molar-refractivity contribution is -0.120. The summed E-state index contributed by atoms with van der Waals surface area (Å²) < 4.78 is 0. The third kappa shape index (κ3) is 3.35. The Morgan fingerprint density at radius 3 is 2.65 bits per heavy atom. The first-order chi connectivity index (χ1) is 9.41. The number of hydrogen-bond donors (Lipinski definition) is 2. The number of benzene rings is 1. The van der Waals surface area contributed by atoms with Crippen molar-refractivity contribution in [2.24, 2.45) is 0 Å². The zero-order valence-corrected chi connectivity index (χ0v) is 11.8. The molecule has 106 valence electrons. The van der Waals surface area contributed by atoms with Crippen molar-refractivity contribution in [3.05, 3.63) is 29.8 Å². The van der Waals surface area contributed by atoms with Crippen LogP contribution in [0.15, 0.2) is 24.3 Å². The molecule has 1 aliphatic rings. The van der Waals surface area contributed by atoms with Gasteiger partial charge in [-0.15, -0.1) is 0 Å². The van der Waals surface area contributed by atoms with Crippen molar-refractivity contribution in [1.29, 1.82) is 5.26 Å². The number of nitrogens with zero attached hydrogens (tertiary/aromatic N) is 2. The van der Waals surface area contributed by atoms with E-state index in [1.165, 1.54) is 0 Å². The molecule has 0 spiro atoms. The number of β-amino-alcohol motifs (C(OH)–C–C–N with tert-alkyl or cyclic N) is 1. The number of nitrogens with one attached hydrogen (secondary N) is 1. The predicted octanol–water partition coefficient (Wildman–Crippen LogP) is 1.34. The lowest BCUT2D eigenvalue weighted by Crippen LogP contribution is -2.42. The third-order valence-corrected chi connectivity index (χ3v) is 3.69. The van der Waals surface area contributed by atoms with E-state index < -0.39 is 5.60 Å². The number of nitriles is 1. The molecule has 0 aromatic heterocycles. The van der Waals surface area contributed by atoms with Crippen LogP contribution < -0.4 is 5.32 Å². The summed E-state index contributed by atoms with van der Waals surface area (Å²) in [5, 5.41) is 21.5. The second kappa shape index (κ2) is 5.61. The summed E-state index contributed by atoms with van der Waals surface area (Å²) in [6.45, 7) is 4.85. The van der Waals surface area contributed by atoms with Crippen molar-refractivity contribution in [1.82, 2.24) is 4.90 Å². The van der Waals surface area contributed by atoms with E-state index in [-0.39, 0.29) is 11.9 Å². The van der Waals surface area contributed by atoms with Gasteiger partial charge in [0.15, 0.2) is 0 Å². The number of anilines is 1. The summed E-state index contributed by atoms with van der Waals surface area (Å²) in [6, 6.07) is 8.50. The lowest BCUT2D eigenvalue weighted by Gasteiger charge is -2.24. The standard InChI is InChI=1S/C15H19N3O2/c1-11(18-8-7-15(2,20)10-18)14(19)17-13-5-3-12(9-16)4-6-13/h3-6,11,20H,7-8,10H2,1-2H3,(H,17,19). The highest BCUT2D eigenvalue weighted by Crippen LogP contribution is 2.22. The summed E-state index contributed by atoms with van der Waals surface area (Å²) in [6.07, 6.45) is 0.682. The van der Waals surface area contributed by atoms with E-state index in [0.717, 1.165) is 6.54 Å². The first kappa shape index (κ1) is 14.5. The van der Waals surface area contributed by atoms with Crippen molar-refractivity contribution in [3.63, 3.8) is 0 Å². The summed E-state index contributed by atoms with van der Waals surface area (Å²) in [5.74, 6) is -0.104. The minimum atomic E-state index is -0.705. The molecule has 20 heavy (non-hydrogen) atoms. The van der Waals surface area contributed by atoms with Gasteiger partial charge in [-0.1, -0.05) is 0 Å². The second-order valence-corrected chi connectivity index (χ2v) is 5.57. The summed E-state index contributed by atoms with van der Waals surface area (Å²) in [7, 11) is 0. The first-order valence-corrected chi connectivity index (χ1v) is 6.69. The smallest absolute Gasteiger partial charge is 0.241 e. The van der Waals surface area contributed by atoms with E-state index in [1.807, 2.05) is 17.9 Å². The number of amides is 1. The van der Waals surface area contributed by atoms with Crippen molar-refractivity contribution >= 4 is 11.6 Å². The fraction of sp³-hybridized carbons (Fsp3) is 0.467. The Morgan fingerprint density at radius 1 is 1.50 bits per heavy atom. The largest absolute Gasteiger partial charge is 0.389 e. The summed E-state index contributed by atoms with van der Waals surface area (Å²) in [5.41, 5.74) is 0.529. The Hall–Kier alpha value is -1.90. The van der Waals surface area contributed by atoms with Crippen molar-refractivity contribution in [2.45, 2.75) is 31.9 Å². The Bertz CT molecular complexity index is 531. The highest BCUT2D eigenvalue weighted by atomic mass is 16.3. The number of carbonyl (C=O) groups is 1. The molecular weight excluding hydrogens is 254 g/mol. The number of hydrogen-bond acceptors (Lipinski definition) is 4. The molecule has 2 N–H and O–H groups in total. The molecule has 2 atom stereocenters. The molecule has 2 rings (SSSR count). The molecule has 0 radical (unpaired) electrons. The van der Waals surface area contributed by atoms with Crippen LogP contribution in [-0.2, 0) is 4.79 Å². The lowest BCUT2D eigenvalue weighted by atomic mass is 10.1. The molecule has 2 unspecified atom stereocenters. The van der Waals surface area contributed by atoms with Crippen LogP contribution >= 0.6 is 0 Å². The molecule has 1 saturated heterocycles. The molecule has 1 aromatic rings. The van der Waals surface area contributed by atoms with Crippen LogP contribution in [0.4, 0.5) is 5.69 Å². The molecule has 5 nitrogen and oxygen atoms in total. The number of aliphatic hydroxyl groups is 1. The van der Waals surface area contributed by atoms with E-state index in [0.29, 0.717) is 24.2 Å². The van der Waals surface area contributed by atoms with Crippen LogP contribution in [0.5, 0.6) is 0 Å². The van der Waals surface area contributed by atoms with Gasteiger partial charge in [0.05, 0.1) is 23.3 Å². The molecule has 1 aromatic carbocycles. The van der Waals surface area contributed by atoms with Crippen molar-refractivity contribution in [3.8, 4) is 6.07 Å². The van der Waals surface area contributed by atoms with Gasteiger partial charge in [0.1, 0.15) is 0 Å². The predicted molar refractivity (Wildman–Crippen MR) is 76.1 cm³/mol. The average Bonchev–Trinajstić information content (AvgIpc) is 2.79. The van der Waals surface area contributed by atoms with E-state index >= 15 is 0 Å². The average molecular weight is 273 g/mol. The zero-order chi connectivity index (χ0) is 14.8. The van der Waals surface area contributed by atoms with Gasteiger partial charge in [-0.25, -0.2) is 0 Å². The third-order valence-electron chi connectivity index (χ3n) is 3.69. The van der Waals surface area contributed by atoms with E-state index in [4.69, 9.17) is 5.26 Å². The maximum Gasteiger partial charge on any atom is 0.241 e. The minimum Gasteiger partial charge on any atom is -0.389 e. The van der Waals surface area contributed by atoms with Gasteiger partial charge in [0.25, 0.3) is 0 Å². The van der Waals surface area contributed by atoms with Gasteiger partial charge in [-0.2, -0.15) is 5.26 Å². The highest BCUT2D eigenvalue weighted by molar-refractivity contribution is 5.94. The SMILES string of the molecule is CC(C(=O)Nc1ccc(C#N)cc1)N1CCC(C)(O)C1. The number of likely N-dealkylation sites (tertiary alicyclic amines) is 1. The normalized spacial score (nSPS) is 24.1. The van der Waals surface area contributed by atoms with Crippen LogP contribution in [0, 0.1) is 11.3 Å². The van der Waals surface area contributed by atoms with Gasteiger partial charge in [-0.05, 0) is 44.5 Å². The zero-order valence-electron chi connectivity index (χ0n) is 11.8. The van der Waals surface area contributed by atoms with Crippen molar-refractivity contribution < 1.29 is 9.90 Å². The van der Waals surface area contributed by atoms with Crippen molar-refractivity contribution in [2.75, 3.05) is 18.4 Å². The minimum absolute atomic E-state index is 0.104. The fourth-order valence-corrected chi connectivity index (χ4v) is 2.35. The molecule has 1 heterocycles. The quantitative estimate of drug-likeness (QED) is 0.871. The van der Waals surface area contributed by atoms with E-state index in [9.17, 15) is 9.90 Å². The molecule has 5 heteroatoms. The molecule has 1 aliphatic heterocycles. The Kier molecular flexibility index (Phi) is 4.07. The van der Waals surface area contributed by atoms with Crippen LogP contribution in [0.2, 0.25) is 0 Å².